The summed E-state index contributed by atoms with van der Waals surface area (Å²) in [7, 11) is 0. The van der Waals surface area contributed by atoms with Crippen LogP contribution in [0.5, 0.6) is 0 Å². The van der Waals surface area contributed by atoms with Gasteiger partial charge in [-0.1, -0.05) is 23.7 Å². The van der Waals surface area contributed by atoms with Crippen molar-refractivity contribution >= 4 is 34.6 Å². The highest BCUT2D eigenvalue weighted by Crippen LogP contribution is 2.20. The fourth-order valence-corrected chi connectivity index (χ4v) is 3.44. The highest BCUT2D eigenvalue weighted by Gasteiger charge is 2.19. The Morgan fingerprint density at radius 1 is 1.12 bits per heavy atom. The molecule has 0 aromatic heterocycles. The molecule has 1 aliphatic rings. The van der Waals surface area contributed by atoms with Crippen molar-refractivity contribution in [3.05, 3.63) is 64.4 Å². The minimum Gasteiger partial charge on any atom is -0.346 e. The van der Waals surface area contributed by atoms with Gasteiger partial charge in [-0.25, -0.2) is 4.39 Å². The largest absolute Gasteiger partial charge is 0.346 e. The third-order valence-electron chi connectivity index (χ3n) is 4.41. The maximum absolute atomic E-state index is 13.0. The zero-order valence-electron chi connectivity index (χ0n) is 14.1. The van der Waals surface area contributed by atoms with Crippen molar-refractivity contribution in [1.82, 2.24) is 9.80 Å². The molecule has 6 heteroatoms. The summed E-state index contributed by atoms with van der Waals surface area (Å²) in [6, 6.07) is 12.5. The highest BCUT2D eigenvalue weighted by atomic mass is 35.5. The molecule has 3 rings (SSSR count). The normalized spacial score (nSPS) is 15.2. The summed E-state index contributed by atoms with van der Waals surface area (Å²) in [6.07, 6.45) is 0. The first-order valence-electron chi connectivity index (χ1n) is 8.30. The van der Waals surface area contributed by atoms with Gasteiger partial charge >= 0.3 is 0 Å². The number of nitrogens with one attached hydrogen (secondary N) is 1. The van der Waals surface area contributed by atoms with Gasteiger partial charge in [-0.3, -0.25) is 4.90 Å². The first kappa shape index (κ1) is 18.1. The van der Waals surface area contributed by atoms with Crippen LogP contribution < -0.4 is 5.32 Å². The van der Waals surface area contributed by atoms with Gasteiger partial charge in [0.25, 0.3) is 0 Å². The number of aryl methyl sites for hydroxylation is 1. The Kier molecular flexibility index (Phi) is 5.89. The number of thiocarbonyl (C=S) groups is 1. The maximum atomic E-state index is 13.0. The third-order valence-corrected chi connectivity index (χ3v) is 5.00. The highest BCUT2D eigenvalue weighted by molar-refractivity contribution is 7.80. The van der Waals surface area contributed by atoms with E-state index in [-0.39, 0.29) is 5.82 Å². The number of benzene rings is 2. The van der Waals surface area contributed by atoms with E-state index in [4.69, 9.17) is 23.8 Å². The van der Waals surface area contributed by atoms with Crippen LogP contribution in [0.15, 0.2) is 42.5 Å². The van der Waals surface area contributed by atoms with E-state index in [9.17, 15) is 4.39 Å². The molecule has 0 bridgehead atoms. The molecule has 0 unspecified atom stereocenters. The molecule has 0 amide bonds. The van der Waals surface area contributed by atoms with Crippen LogP contribution in [0.3, 0.4) is 0 Å². The van der Waals surface area contributed by atoms with Gasteiger partial charge in [-0.05, 0) is 60.6 Å². The number of hydrogen-bond acceptors (Lipinski definition) is 2. The summed E-state index contributed by atoms with van der Waals surface area (Å²) < 4.78 is 13.0. The number of nitrogens with zero attached hydrogens (tertiary/aromatic N) is 2. The Balaban J connectivity index is 1.51. The Bertz CT molecular complexity index is 743. The molecule has 1 aliphatic heterocycles. The quantitative estimate of drug-likeness (QED) is 0.803. The van der Waals surface area contributed by atoms with Crippen LogP contribution in [0.1, 0.15) is 11.1 Å². The lowest BCUT2D eigenvalue weighted by Gasteiger charge is -2.36. The van der Waals surface area contributed by atoms with E-state index < -0.39 is 0 Å². The average Bonchev–Trinajstić information content (AvgIpc) is 2.60. The van der Waals surface area contributed by atoms with E-state index in [0.717, 1.165) is 59.7 Å². The van der Waals surface area contributed by atoms with E-state index in [1.807, 2.05) is 37.3 Å². The van der Waals surface area contributed by atoms with Crippen LogP contribution in [0, 0.1) is 12.7 Å². The van der Waals surface area contributed by atoms with Crippen LogP contribution >= 0.6 is 23.8 Å². The van der Waals surface area contributed by atoms with E-state index in [1.165, 1.54) is 12.1 Å². The molecule has 2 aromatic carbocycles. The van der Waals surface area contributed by atoms with Crippen LogP contribution in [0.4, 0.5) is 10.1 Å². The molecule has 0 saturated carbocycles. The minimum atomic E-state index is -0.192. The maximum Gasteiger partial charge on any atom is 0.173 e. The summed E-state index contributed by atoms with van der Waals surface area (Å²) in [5.74, 6) is -0.192. The number of hydrogen-bond donors (Lipinski definition) is 1. The van der Waals surface area contributed by atoms with Crippen molar-refractivity contribution in [1.29, 1.82) is 0 Å². The van der Waals surface area contributed by atoms with Gasteiger partial charge in [0, 0.05) is 43.4 Å². The molecular formula is C19H21ClFN3S. The van der Waals surface area contributed by atoms with Gasteiger partial charge in [0.15, 0.2) is 5.11 Å². The Morgan fingerprint density at radius 3 is 2.44 bits per heavy atom. The average molecular weight is 378 g/mol. The smallest absolute Gasteiger partial charge is 0.173 e. The number of anilines is 1. The van der Waals surface area contributed by atoms with Crippen molar-refractivity contribution in [3.8, 4) is 0 Å². The van der Waals surface area contributed by atoms with Gasteiger partial charge in [0.2, 0.25) is 0 Å². The second-order valence-corrected chi connectivity index (χ2v) is 7.10. The van der Waals surface area contributed by atoms with E-state index in [0.29, 0.717) is 0 Å². The molecule has 1 N–H and O–H groups in total. The van der Waals surface area contributed by atoms with Crippen LogP contribution in [0.25, 0.3) is 0 Å². The lowest BCUT2D eigenvalue weighted by Crippen LogP contribution is -2.49. The van der Waals surface area contributed by atoms with Gasteiger partial charge in [-0.2, -0.15) is 0 Å². The fraction of sp³-hybridized carbons (Fsp3) is 0.316. The summed E-state index contributed by atoms with van der Waals surface area (Å²) in [6.45, 7) is 6.46. The number of halogens is 2. The molecule has 2 aromatic rings. The summed E-state index contributed by atoms with van der Waals surface area (Å²) in [5.41, 5.74) is 3.19. The van der Waals surface area contributed by atoms with Gasteiger partial charge in [0.1, 0.15) is 5.82 Å². The Labute approximate surface area is 158 Å². The van der Waals surface area contributed by atoms with E-state index >= 15 is 0 Å². The predicted octanol–water partition coefficient (Wildman–Crippen LogP) is 4.30. The lowest BCUT2D eigenvalue weighted by atomic mass is 10.2. The van der Waals surface area contributed by atoms with Crippen molar-refractivity contribution in [3.63, 3.8) is 0 Å². The van der Waals surface area contributed by atoms with Crippen molar-refractivity contribution in [2.75, 3.05) is 31.5 Å². The summed E-state index contributed by atoms with van der Waals surface area (Å²) in [5, 5.41) is 4.78. The van der Waals surface area contributed by atoms with Crippen LogP contribution in [-0.4, -0.2) is 41.1 Å². The predicted molar refractivity (Wildman–Crippen MR) is 106 cm³/mol. The standard InChI is InChI=1S/C19H21ClFN3S/c1-14-12-16(20)4-7-18(14)22-19(25)24-10-8-23(9-11-24)13-15-2-5-17(21)6-3-15/h2-7,12H,8-11,13H2,1H3,(H,22,25). The molecule has 132 valence electrons. The van der Waals surface area contributed by atoms with Gasteiger partial charge in [0.05, 0.1) is 0 Å². The van der Waals surface area contributed by atoms with Crippen LogP contribution in [-0.2, 0) is 6.54 Å². The molecule has 0 aliphatic carbocycles. The zero-order valence-corrected chi connectivity index (χ0v) is 15.7. The molecular weight excluding hydrogens is 357 g/mol. The van der Waals surface area contributed by atoms with E-state index in [2.05, 4.69) is 15.1 Å². The van der Waals surface area contributed by atoms with Gasteiger partial charge < -0.3 is 10.2 Å². The van der Waals surface area contributed by atoms with Crippen molar-refractivity contribution in [2.24, 2.45) is 0 Å². The van der Waals surface area contributed by atoms with Crippen molar-refractivity contribution < 1.29 is 4.39 Å². The first-order chi connectivity index (χ1) is 12.0. The Hall–Kier alpha value is -1.69. The van der Waals surface area contributed by atoms with E-state index in [1.54, 1.807) is 0 Å². The molecule has 0 atom stereocenters. The van der Waals surface area contributed by atoms with Crippen molar-refractivity contribution in [2.45, 2.75) is 13.5 Å². The lowest BCUT2D eigenvalue weighted by molar-refractivity contribution is 0.177. The monoisotopic (exact) mass is 377 g/mol. The molecule has 0 spiro atoms. The Morgan fingerprint density at radius 2 is 1.80 bits per heavy atom. The number of rotatable bonds is 3. The molecule has 25 heavy (non-hydrogen) atoms. The first-order valence-corrected chi connectivity index (χ1v) is 9.09. The SMILES string of the molecule is Cc1cc(Cl)ccc1NC(=S)N1CCN(Cc2ccc(F)cc2)CC1. The topological polar surface area (TPSA) is 18.5 Å². The van der Waals surface area contributed by atoms with Crippen LogP contribution in [0.2, 0.25) is 5.02 Å². The molecule has 1 heterocycles. The molecule has 1 saturated heterocycles. The second-order valence-electron chi connectivity index (χ2n) is 6.28. The van der Waals surface area contributed by atoms with Gasteiger partial charge in [-0.15, -0.1) is 0 Å². The summed E-state index contributed by atoms with van der Waals surface area (Å²) >= 11 is 11.5. The molecule has 3 nitrogen and oxygen atoms in total. The molecule has 0 radical (unpaired) electrons. The zero-order chi connectivity index (χ0) is 17.8. The minimum absolute atomic E-state index is 0.192. The fourth-order valence-electron chi connectivity index (χ4n) is 2.92. The number of piperazine rings is 1. The second kappa shape index (κ2) is 8.13. The molecule has 1 fully saturated rings. The third kappa shape index (κ3) is 4.91. The summed E-state index contributed by atoms with van der Waals surface area (Å²) in [4.78, 5) is 4.55.